The SMILES string of the molecule is C=C(Cc1ccc(C(OC(=O)C(C)(C)C)C(C)(C)C)cc1)C(C)C. The molecule has 1 atom stereocenters. The summed E-state index contributed by atoms with van der Waals surface area (Å²) in [6.07, 6.45) is 0.631. The standard InChI is InChI=1S/C22H34O2/c1-15(2)16(3)14-17-10-12-18(13-11-17)19(21(4,5)6)24-20(23)22(7,8)9/h10-13,15,19H,3,14H2,1-2,4-9H3. The Labute approximate surface area is 148 Å². The van der Waals surface area contributed by atoms with E-state index in [9.17, 15) is 4.79 Å². The third-order valence-corrected chi connectivity index (χ3v) is 4.15. The van der Waals surface area contributed by atoms with Crippen LogP contribution in [0.1, 0.15) is 72.6 Å². The van der Waals surface area contributed by atoms with Crippen molar-refractivity contribution < 1.29 is 9.53 Å². The number of allylic oxidation sites excluding steroid dienone is 1. The Kier molecular flexibility index (Phi) is 6.44. The first-order valence-corrected chi connectivity index (χ1v) is 8.80. The summed E-state index contributed by atoms with van der Waals surface area (Å²) in [5, 5.41) is 0. The highest BCUT2D eigenvalue weighted by Crippen LogP contribution is 2.38. The zero-order chi connectivity index (χ0) is 18.7. The molecule has 0 fully saturated rings. The molecule has 0 radical (unpaired) electrons. The minimum absolute atomic E-state index is 0.163. The average molecular weight is 331 g/mol. The lowest BCUT2D eigenvalue weighted by Gasteiger charge is -2.33. The van der Waals surface area contributed by atoms with Crippen LogP contribution in [0.15, 0.2) is 36.4 Å². The van der Waals surface area contributed by atoms with Gasteiger partial charge in [-0.15, -0.1) is 0 Å². The van der Waals surface area contributed by atoms with Crippen molar-refractivity contribution in [2.75, 3.05) is 0 Å². The normalized spacial score (nSPS) is 13.7. The first kappa shape index (κ1) is 20.5. The van der Waals surface area contributed by atoms with Gasteiger partial charge in [-0.25, -0.2) is 0 Å². The summed E-state index contributed by atoms with van der Waals surface area (Å²) in [7, 11) is 0. The third kappa shape index (κ3) is 5.81. The first-order chi connectivity index (χ1) is 10.8. The van der Waals surface area contributed by atoms with E-state index in [4.69, 9.17) is 4.74 Å². The van der Waals surface area contributed by atoms with Gasteiger partial charge >= 0.3 is 5.97 Å². The van der Waals surface area contributed by atoms with Gasteiger partial charge in [0.2, 0.25) is 0 Å². The van der Waals surface area contributed by atoms with Crippen LogP contribution < -0.4 is 0 Å². The Balaban J connectivity index is 3.00. The molecule has 1 aromatic rings. The summed E-state index contributed by atoms with van der Waals surface area (Å²) in [4.78, 5) is 12.3. The predicted molar refractivity (Wildman–Crippen MR) is 102 cm³/mol. The van der Waals surface area contributed by atoms with Crippen LogP contribution in [-0.2, 0) is 16.0 Å². The molecule has 0 bridgehead atoms. The molecule has 0 saturated heterocycles. The van der Waals surface area contributed by atoms with E-state index in [2.05, 4.69) is 65.5 Å². The van der Waals surface area contributed by atoms with Crippen LogP contribution in [-0.4, -0.2) is 5.97 Å². The molecule has 0 heterocycles. The molecule has 2 nitrogen and oxygen atoms in total. The lowest BCUT2D eigenvalue weighted by atomic mass is 9.83. The Morgan fingerprint density at radius 2 is 1.54 bits per heavy atom. The molecule has 1 unspecified atom stereocenters. The molecule has 0 aliphatic heterocycles. The summed E-state index contributed by atoms with van der Waals surface area (Å²) >= 11 is 0. The smallest absolute Gasteiger partial charge is 0.311 e. The fourth-order valence-corrected chi connectivity index (χ4v) is 2.31. The fraction of sp³-hybridized carbons (Fsp3) is 0.591. The van der Waals surface area contributed by atoms with Gasteiger partial charge in [0.05, 0.1) is 5.41 Å². The van der Waals surface area contributed by atoms with E-state index in [1.165, 1.54) is 11.1 Å². The number of carbonyl (C=O) groups excluding carboxylic acids is 1. The molecule has 0 aliphatic carbocycles. The maximum atomic E-state index is 12.3. The number of benzene rings is 1. The van der Waals surface area contributed by atoms with E-state index in [1.807, 2.05) is 20.8 Å². The van der Waals surface area contributed by atoms with Crippen LogP contribution in [0.5, 0.6) is 0 Å². The van der Waals surface area contributed by atoms with Crippen molar-refractivity contribution >= 4 is 5.97 Å². The summed E-state index contributed by atoms with van der Waals surface area (Å²) in [6.45, 7) is 20.4. The van der Waals surface area contributed by atoms with Gasteiger partial charge in [-0.05, 0) is 44.2 Å². The van der Waals surface area contributed by atoms with Crippen molar-refractivity contribution in [1.29, 1.82) is 0 Å². The van der Waals surface area contributed by atoms with Crippen molar-refractivity contribution in [1.82, 2.24) is 0 Å². The van der Waals surface area contributed by atoms with E-state index in [-0.39, 0.29) is 17.5 Å². The minimum atomic E-state index is -0.502. The summed E-state index contributed by atoms with van der Waals surface area (Å²) in [6, 6.07) is 8.39. The maximum absolute atomic E-state index is 12.3. The molecule has 0 amide bonds. The number of carbonyl (C=O) groups is 1. The first-order valence-electron chi connectivity index (χ1n) is 8.80. The number of hydrogen-bond donors (Lipinski definition) is 0. The maximum Gasteiger partial charge on any atom is 0.311 e. The van der Waals surface area contributed by atoms with Crippen molar-refractivity contribution in [3.05, 3.63) is 47.5 Å². The van der Waals surface area contributed by atoms with Gasteiger partial charge in [0.15, 0.2) is 0 Å². The lowest BCUT2D eigenvalue weighted by molar-refractivity contribution is -0.165. The van der Waals surface area contributed by atoms with Crippen LogP contribution in [0.25, 0.3) is 0 Å². The Morgan fingerprint density at radius 3 is 1.92 bits per heavy atom. The van der Waals surface area contributed by atoms with E-state index >= 15 is 0 Å². The van der Waals surface area contributed by atoms with Crippen LogP contribution in [0.2, 0.25) is 0 Å². The Morgan fingerprint density at radius 1 is 1.04 bits per heavy atom. The number of esters is 1. The highest BCUT2D eigenvalue weighted by molar-refractivity contribution is 5.75. The van der Waals surface area contributed by atoms with Crippen molar-refractivity contribution in [2.24, 2.45) is 16.7 Å². The van der Waals surface area contributed by atoms with E-state index in [1.54, 1.807) is 0 Å². The Bertz CT molecular complexity index is 565. The fourth-order valence-electron chi connectivity index (χ4n) is 2.31. The number of ether oxygens (including phenoxy) is 1. The summed E-state index contributed by atoms with van der Waals surface area (Å²) in [5.74, 6) is 0.319. The largest absolute Gasteiger partial charge is 0.457 e. The van der Waals surface area contributed by atoms with Crippen LogP contribution in [0.4, 0.5) is 0 Å². The third-order valence-electron chi connectivity index (χ3n) is 4.15. The van der Waals surface area contributed by atoms with Gasteiger partial charge in [0.1, 0.15) is 6.10 Å². The molecule has 24 heavy (non-hydrogen) atoms. The van der Waals surface area contributed by atoms with E-state index in [0.29, 0.717) is 5.92 Å². The van der Waals surface area contributed by atoms with Crippen molar-refractivity contribution in [3.8, 4) is 0 Å². The van der Waals surface area contributed by atoms with Gasteiger partial charge < -0.3 is 4.74 Å². The second-order valence-electron chi connectivity index (χ2n) is 9.13. The summed E-state index contributed by atoms with van der Waals surface area (Å²) in [5.41, 5.74) is 2.85. The zero-order valence-electron chi connectivity index (χ0n) is 16.7. The second-order valence-corrected chi connectivity index (χ2v) is 9.13. The zero-order valence-corrected chi connectivity index (χ0v) is 16.7. The summed E-state index contributed by atoms with van der Waals surface area (Å²) < 4.78 is 5.87. The molecule has 0 aromatic heterocycles. The lowest BCUT2D eigenvalue weighted by Crippen LogP contribution is -2.30. The van der Waals surface area contributed by atoms with E-state index in [0.717, 1.165) is 12.0 Å². The highest BCUT2D eigenvalue weighted by atomic mass is 16.5. The monoisotopic (exact) mass is 330 g/mol. The molecule has 1 aromatic carbocycles. The van der Waals surface area contributed by atoms with Crippen molar-refractivity contribution in [3.63, 3.8) is 0 Å². The Hall–Kier alpha value is -1.57. The van der Waals surface area contributed by atoms with Crippen molar-refractivity contribution in [2.45, 2.75) is 67.9 Å². The average Bonchev–Trinajstić information content (AvgIpc) is 2.43. The van der Waals surface area contributed by atoms with Gasteiger partial charge in [0, 0.05) is 5.41 Å². The molecule has 0 N–H and O–H groups in total. The molecular weight excluding hydrogens is 296 g/mol. The van der Waals surface area contributed by atoms with Gasteiger partial charge in [0.25, 0.3) is 0 Å². The van der Waals surface area contributed by atoms with E-state index < -0.39 is 5.41 Å². The van der Waals surface area contributed by atoms with Gasteiger partial charge in [-0.3, -0.25) is 4.79 Å². The molecule has 0 spiro atoms. The number of rotatable bonds is 5. The topological polar surface area (TPSA) is 26.3 Å². The predicted octanol–water partition coefficient (Wildman–Crippen LogP) is 6.12. The molecule has 0 saturated carbocycles. The highest BCUT2D eigenvalue weighted by Gasteiger charge is 2.33. The van der Waals surface area contributed by atoms with Crippen LogP contribution in [0.3, 0.4) is 0 Å². The van der Waals surface area contributed by atoms with Gasteiger partial charge in [-0.2, -0.15) is 0 Å². The van der Waals surface area contributed by atoms with Crippen LogP contribution >= 0.6 is 0 Å². The second kappa shape index (κ2) is 7.55. The quantitative estimate of drug-likeness (QED) is 0.480. The number of hydrogen-bond acceptors (Lipinski definition) is 2. The molecule has 1 rings (SSSR count). The molecular formula is C22H34O2. The molecule has 2 heteroatoms. The minimum Gasteiger partial charge on any atom is -0.457 e. The van der Waals surface area contributed by atoms with Gasteiger partial charge in [-0.1, -0.05) is 71.0 Å². The van der Waals surface area contributed by atoms with Crippen LogP contribution in [0, 0.1) is 16.7 Å². The molecule has 134 valence electrons. The molecule has 0 aliphatic rings.